The lowest BCUT2D eigenvalue weighted by Crippen LogP contribution is -2.02. The highest BCUT2D eigenvalue weighted by atomic mass is 32.1. The molecule has 0 aliphatic heterocycles. The number of fused-ring (bicyclic) bond motifs is 1. The van der Waals surface area contributed by atoms with Crippen molar-refractivity contribution < 1.29 is 5.11 Å². The molecule has 2 heterocycles. The quantitative estimate of drug-likeness (QED) is 0.771. The Balaban J connectivity index is 1.89. The molecular formula is C15H15N3OS. The molecule has 0 unspecified atom stereocenters. The lowest BCUT2D eigenvalue weighted by atomic mass is 10.2. The largest absolute Gasteiger partial charge is 0.508 e. The van der Waals surface area contributed by atoms with E-state index >= 15 is 0 Å². The van der Waals surface area contributed by atoms with E-state index < -0.39 is 0 Å². The van der Waals surface area contributed by atoms with Gasteiger partial charge in [0.1, 0.15) is 22.7 Å². The molecule has 0 atom stereocenters. The van der Waals surface area contributed by atoms with Crippen LogP contribution in [-0.2, 0) is 6.54 Å². The smallest absolute Gasteiger partial charge is 0.138 e. The average Bonchev–Trinajstić information content (AvgIpc) is 2.74. The molecule has 0 aliphatic carbocycles. The fraction of sp³-hybridized carbons (Fsp3) is 0.200. The molecule has 102 valence electrons. The summed E-state index contributed by atoms with van der Waals surface area (Å²) in [6.45, 7) is 4.87. The fourth-order valence-electron chi connectivity index (χ4n) is 2.12. The number of aromatic hydroxyl groups is 1. The summed E-state index contributed by atoms with van der Waals surface area (Å²) in [6, 6.07) is 7.16. The number of nitrogens with zero attached hydrogens (tertiary/aromatic N) is 2. The number of nitrogens with one attached hydrogen (secondary N) is 1. The monoisotopic (exact) mass is 285 g/mol. The summed E-state index contributed by atoms with van der Waals surface area (Å²) in [5.41, 5.74) is 2.33. The number of phenols is 1. The SMILES string of the molecule is Cc1sc2ncnc(NCc3ccc(O)cc3)c2c1C. The van der Waals surface area contributed by atoms with Gasteiger partial charge in [-0.1, -0.05) is 12.1 Å². The fourth-order valence-corrected chi connectivity index (χ4v) is 3.11. The molecule has 3 rings (SSSR count). The predicted octanol–water partition coefficient (Wildman–Crippen LogP) is 3.63. The number of aromatic nitrogens is 2. The third-order valence-corrected chi connectivity index (χ3v) is 4.48. The van der Waals surface area contributed by atoms with Crippen molar-refractivity contribution in [1.29, 1.82) is 0 Å². The van der Waals surface area contributed by atoms with Crippen LogP contribution in [0.25, 0.3) is 10.2 Å². The first-order chi connectivity index (χ1) is 9.65. The summed E-state index contributed by atoms with van der Waals surface area (Å²) in [5, 5.41) is 13.7. The summed E-state index contributed by atoms with van der Waals surface area (Å²) in [6.07, 6.45) is 1.59. The molecule has 1 aromatic carbocycles. The molecule has 0 saturated heterocycles. The van der Waals surface area contributed by atoms with E-state index in [-0.39, 0.29) is 5.75 Å². The number of anilines is 1. The van der Waals surface area contributed by atoms with Gasteiger partial charge in [0, 0.05) is 11.4 Å². The van der Waals surface area contributed by atoms with E-state index in [1.54, 1.807) is 29.8 Å². The molecule has 3 aromatic rings. The van der Waals surface area contributed by atoms with Gasteiger partial charge < -0.3 is 10.4 Å². The predicted molar refractivity (Wildman–Crippen MR) is 82.3 cm³/mol. The van der Waals surface area contributed by atoms with Crippen LogP contribution in [0.2, 0.25) is 0 Å². The molecule has 4 nitrogen and oxygen atoms in total. The first kappa shape index (κ1) is 12.9. The first-order valence-corrected chi connectivity index (χ1v) is 7.19. The van der Waals surface area contributed by atoms with Crippen molar-refractivity contribution >= 4 is 27.4 Å². The van der Waals surface area contributed by atoms with Crippen molar-refractivity contribution in [2.75, 3.05) is 5.32 Å². The molecule has 0 fully saturated rings. The van der Waals surface area contributed by atoms with Crippen LogP contribution in [0.3, 0.4) is 0 Å². The Kier molecular flexibility index (Phi) is 3.28. The minimum Gasteiger partial charge on any atom is -0.508 e. The van der Waals surface area contributed by atoms with Gasteiger partial charge in [-0.05, 0) is 37.1 Å². The van der Waals surface area contributed by atoms with Crippen molar-refractivity contribution in [3.63, 3.8) is 0 Å². The highest BCUT2D eigenvalue weighted by Crippen LogP contribution is 2.32. The van der Waals surface area contributed by atoms with Crippen molar-refractivity contribution in [3.05, 3.63) is 46.6 Å². The topological polar surface area (TPSA) is 58.0 Å². The van der Waals surface area contributed by atoms with Gasteiger partial charge in [-0.25, -0.2) is 9.97 Å². The zero-order valence-electron chi connectivity index (χ0n) is 11.3. The van der Waals surface area contributed by atoms with Crippen molar-refractivity contribution in [2.24, 2.45) is 0 Å². The van der Waals surface area contributed by atoms with E-state index in [2.05, 4.69) is 29.1 Å². The third kappa shape index (κ3) is 2.32. The van der Waals surface area contributed by atoms with Gasteiger partial charge in [-0.3, -0.25) is 0 Å². The molecule has 2 N–H and O–H groups in total. The normalized spacial score (nSPS) is 10.9. The molecule has 0 spiro atoms. The minimum absolute atomic E-state index is 0.280. The summed E-state index contributed by atoms with van der Waals surface area (Å²) in [5.74, 6) is 1.15. The maximum Gasteiger partial charge on any atom is 0.138 e. The Labute approximate surface area is 121 Å². The Morgan fingerprint density at radius 2 is 1.90 bits per heavy atom. The second-order valence-electron chi connectivity index (χ2n) is 4.71. The molecule has 2 aromatic heterocycles. The molecule has 0 radical (unpaired) electrons. The average molecular weight is 285 g/mol. The van der Waals surface area contributed by atoms with Crippen molar-refractivity contribution in [3.8, 4) is 5.75 Å². The zero-order valence-corrected chi connectivity index (χ0v) is 12.2. The molecular weight excluding hydrogens is 270 g/mol. The Bertz CT molecular complexity index is 750. The Hall–Kier alpha value is -2.14. The summed E-state index contributed by atoms with van der Waals surface area (Å²) in [7, 11) is 0. The van der Waals surface area contributed by atoms with Crippen LogP contribution >= 0.6 is 11.3 Å². The van der Waals surface area contributed by atoms with Crippen LogP contribution in [0.5, 0.6) is 5.75 Å². The van der Waals surface area contributed by atoms with Crippen LogP contribution in [0.15, 0.2) is 30.6 Å². The summed E-state index contributed by atoms with van der Waals surface area (Å²) < 4.78 is 0. The zero-order chi connectivity index (χ0) is 14.1. The number of aryl methyl sites for hydroxylation is 2. The number of rotatable bonds is 3. The maximum absolute atomic E-state index is 9.28. The lowest BCUT2D eigenvalue weighted by Gasteiger charge is -2.07. The molecule has 0 bridgehead atoms. The minimum atomic E-state index is 0.280. The van der Waals surface area contributed by atoms with Gasteiger partial charge >= 0.3 is 0 Å². The third-order valence-electron chi connectivity index (χ3n) is 3.36. The van der Waals surface area contributed by atoms with Crippen LogP contribution in [0.1, 0.15) is 16.0 Å². The molecule has 0 amide bonds. The standard InChI is InChI=1S/C15H15N3OS/c1-9-10(2)20-15-13(9)14(17-8-18-15)16-7-11-3-5-12(19)6-4-11/h3-6,8,19H,7H2,1-2H3,(H,16,17,18). The van der Waals surface area contributed by atoms with Crippen LogP contribution in [-0.4, -0.2) is 15.1 Å². The first-order valence-electron chi connectivity index (χ1n) is 6.37. The second kappa shape index (κ2) is 5.09. The number of benzene rings is 1. The molecule has 20 heavy (non-hydrogen) atoms. The van der Waals surface area contributed by atoms with Gasteiger partial charge in [-0.2, -0.15) is 0 Å². The second-order valence-corrected chi connectivity index (χ2v) is 5.91. The van der Waals surface area contributed by atoms with E-state index in [1.165, 1.54) is 10.4 Å². The van der Waals surface area contributed by atoms with Gasteiger partial charge in [0.05, 0.1) is 5.39 Å². The number of hydrogen-bond acceptors (Lipinski definition) is 5. The summed E-state index contributed by atoms with van der Waals surface area (Å²) in [4.78, 5) is 11.0. The van der Waals surface area contributed by atoms with Gasteiger partial charge in [-0.15, -0.1) is 11.3 Å². The Morgan fingerprint density at radius 1 is 1.15 bits per heavy atom. The maximum atomic E-state index is 9.28. The van der Waals surface area contributed by atoms with Crippen LogP contribution < -0.4 is 5.32 Å². The van der Waals surface area contributed by atoms with E-state index in [0.717, 1.165) is 21.6 Å². The molecule has 0 aliphatic rings. The van der Waals surface area contributed by atoms with Gasteiger partial charge in [0.2, 0.25) is 0 Å². The summed E-state index contributed by atoms with van der Waals surface area (Å²) >= 11 is 1.69. The van der Waals surface area contributed by atoms with E-state index in [4.69, 9.17) is 0 Å². The lowest BCUT2D eigenvalue weighted by molar-refractivity contribution is 0.475. The van der Waals surface area contributed by atoms with E-state index in [9.17, 15) is 5.11 Å². The number of phenolic OH excluding ortho intramolecular Hbond substituents is 1. The number of hydrogen-bond donors (Lipinski definition) is 2. The molecule has 0 saturated carbocycles. The van der Waals surface area contributed by atoms with Gasteiger partial charge in [0.15, 0.2) is 0 Å². The highest BCUT2D eigenvalue weighted by molar-refractivity contribution is 7.18. The van der Waals surface area contributed by atoms with Crippen LogP contribution in [0, 0.1) is 13.8 Å². The Morgan fingerprint density at radius 3 is 2.65 bits per heavy atom. The molecule has 5 heteroatoms. The van der Waals surface area contributed by atoms with E-state index in [0.29, 0.717) is 6.54 Å². The van der Waals surface area contributed by atoms with Crippen LogP contribution in [0.4, 0.5) is 5.82 Å². The number of thiophene rings is 1. The highest BCUT2D eigenvalue weighted by Gasteiger charge is 2.11. The van der Waals surface area contributed by atoms with E-state index in [1.807, 2.05) is 12.1 Å². The van der Waals surface area contributed by atoms with Crippen molar-refractivity contribution in [1.82, 2.24) is 9.97 Å². The van der Waals surface area contributed by atoms with Crippen molar-refractivity contribution in [2.45, 2.75) is 20.4 Å². The van der Waals surface area contributed by atoms with Gasteiger partial charge in [0.25, 0.3) is 0 Å².